The van der Waals surface area contributed by atoms with Crippen LogP contribution >= 0.6 is 23.1 Å². The Hall–Kier alpha value is -3.46. The summed E-state index contributed by atoms with van der Waals surface area (Å²) in [6, 6.07) is -0.968. The Bertz CT molecular complexity index is 1010. The molecule has 2 aliphatic heterocycles. The van der Waals surface area contributed by atoms with Crippen LogP contribution in [0.15, 0.2) is 21.8 Å². The zero-order valence-corrected chi connectivity index (χ0v) is 18.1. The van der Waals surface area contributed by atoms with Crippen LogP contribution in [-0.2, 0) is 33.5 Å². The number of thiazole rings is 1. The molecule has 3 N–H and O–H groups in total. The highest BCUT2D eigenvalue weighted by molar-refractivity contribution is 8.00. The SMILES string of the molecule is CC1=C(C(=O)O)N2C(=O)C(NC(=O)/C(=N\OCCOC=O)c3csc(NC=O)n3)[C@H]2SC1. The highest BCUT2D eigenvalue weighted by atomic mass is 32.2. The van der Waals surface area contributed by atoms with Gasteiger partial charge in [-0.2, -0.15) is 0 Å². The van der Waals surface area contributed by atoms with Crippen LogP contribution in [0, 0.1) is 0 Å². The van der Waals surface area contributed by atoms with Crippen molar-refractivity contribution in [1.29, 1.82) is 0 Å². The van der Waals surface area contributed by atoms with Gasteiger partial charge in [-0.05, 0) is 12.5 Å². The van der Waals surface area contributed by atoms with Crippen molar-refractivity contribution in [3.05, 3.63) is 22.3 Å². The average Bonchev–Trinajstić information content (AvgIpc) is 3.22. The number of fused-ring (bicyclic) bond motifs is 1. The third-order valence-electron chi connectivity index (χ3n) is 4.31. The summed E-state index contributed by atoms with van der Waals surface area (Å²) in [5.41, 5.74) is 0.280. The standard InChI is InChI=1S/C17H17N5O8S2/c1-8-4-31-15-11(14(26)22(15)12(8)16(27)28)20-13(25)10(21-30-3-2-29-7-24)9-5-32-17(19-9)18-6-23/h5-7,11,15H,2-4H2,1H3,(H,20,25)(H,27,28)(H,18,19,23)/b21-10-/t11?,15-/m1/s1. The van der Waals surface area contributed by atoms with Crippen LogP contribution in [0.3, 0.4) is 0 Å². The molecule has 0 bridgehead atoms. The quantitative estimate of drug-likeness (QED) is 0.121. The van der Waals surface area contributed by atoms with Crippen LogP contribution in [0.25, 0.3) is 0 Å². The monoisotopic (exact) mass is 483 g/mol. The molecular formula is C17H17N5O8S2. The fourth-order valence-electron chi connectivity index (χ4n) is 2.93. The van der Waals surface area contributed by atoms with E-state index in [1.54, 1.807) is 6.92 Å². The number of ether oxygens (including phenoxy) is 1. The molecule has 3 amide bonds. The summed E-state index contributed by atoms with van der Waals surface area (Å²) < 4.78 is 4.48. The van der Waals surface area contributed by atoms with Gasteiger partial charge in [0.05, 0.1) is 0 Å². The number of carboxylic acids is 1. The number of hydrogen-bond acceptors (Lipinski definition) is 11. The Morgan fingerprint density at radius 3 is 2.88 bits per heavy atom. The summed E-state index contributed by atoms with van der Waals surface area (Å²) in [5.74, 6) is -2.16. The van der Waals surface area contributed by atoms with Gasteiger partial charge in [0.2, 0.25) is 6.41 Å². The molecule has 0 saturated carbocycles. The first-order chi connectivity index (χ1) is 15.4. The van der Waals surface area contributed by atoms with E-state index in [1.165, 1.54) is 17.1 Å². The van der Waals surface area contributed by atoms with Gasteiger partial charge in [0.25, 0.3) is 18.3 Å². The predicted octanol–water partition coefficient (Wildman–Crippen LogP) is -0.636. The number of aliphatic carboxylic acids is 1. The van der Waals surface area contributed by atoms with Crippen molar-refractivity contribution in [1.82, 2.24) is 15.2 Å². The van der Waals surface area contributed by atoms with Gasteiger partial charge in [-0.25, -0.2) is 9.78 Å². The number of amides is 3. The highest BCUT2D eigenvalue weighted by Gasteiger charge is 2.54. The second-order valence-electron chi connectivity index (χ2n) is 6.34. The Kier molecular flexibility index (Phi) is 7.42. The van der Waals surface area contributed by atoms with Crippen LogP contribution in [0.2, 0.25) is 0 Å². The van der Waals surface area contributed by atoms with Crippen molar-refractivity contribution < 1.29 is 38.7 Å². The molecule has 0 aromatic carbocycles. The zero-order chi connectivity index (χ0) is 23.3. The maximum Gasteiger partial charge on any atom is 0.352 e. The van der Waals surface area contributed by atoms with E-state index in [4.69, 9.17) is 4.84 Å². The summed E-state index contributed by atoms with van der Waals surface area (Å²) in [4.78, 5) is 68.0. The van der Waals surface area contributed by atoms with E-state index in [1.807, 2.05) is 0 Å². The van der Waals surface area contributed by atoms with Gasteiger partial charge >= 0.3 is 5.97 Å². The Balaban J connectivity index is 1.76. The van der Waals surface area contributed by atoms with Gasteiger partial charge in [-0.15, -0.1) is 23.1 Å². The van der Waals surface area contributed by atoms with Crippen molar-refractivity contribution in [2.24, 2.45) is 5.16 Å². The number of carboxylic acid groups (broad SMARTS) is 1. The Morgan fingerprint density at radius 2 is 2.19 bits per heavy atom. The van der Waals surface area contributed by atoms with Gasteiger partial charge < -0.3 is 25.3 Å². The third-order valence-corrected chi connectivity index (χ3v) is 6.51. The molecule has 0 aliphatic carbocycles. The molecule has 0 spiro atoms. The fraction of sp³-hybridized carbons (Fsp3) is 0.353. The topological polar surface area (TPSA) is 177 Å². The summed E-state index contributed by atoms with van der Waals surface area (Å²) in [5, 5.41) is 19.1. The minimum atomic E-state index is -1.21. The molecule has 3 heterocycles. The summed E-state index contributed by atoms with van der Waals surface area (Å²) in [6.45, 7) is 1.63. The first-order valence-corrected chi connectivity index (χ1v) is 10.9. The lowest BCUT2D eigenvalue weighted by Crippen LogP contribution is -2.71. The molecule has 13 nitrogen and oxygen atoms in total. The third kappa shape index (κ3) is 4.72. The number of nitrogens with one attached hydrogen (secondary N) is 2. The molecule has 32 heavy (non-hydrogen) atoms. The van der Waals surface area contributed by atoms with Crippen LogP contribution in [-0.4, -0.2) is 81.8 Å². The number of carbonyl (C=O) groups is 5. The molecule has 2 aliphatic rings. The first-order valence-electron chi connectivity index (χ1n) is 8.99. The molecule has 15 heteroatoms. The number of oxime groups is 1. The summed E-state index contributed by atoms with van der Waals surface area (Å²) in [7, 11) is 0. The van der Waals surface area contributed by atoms with Crippen LogP contribution in [0.4, 0.5) is 5.13 Å². The van der Waals surface area contributed by atoms with E-state index >= 15 is 0 Å². The number of anilines is 1. The molecule has 1 aromatic rings. The lowest BCUT2D eigenvalue weighted by Gasteiger charge is -2.49. The summed E-state index contributed by atoms with van der Waals surface area (Å²) >= 11 is 2.36. The largest absolute Gasteiger partial charge is 0.477 e. The number of hydrogen-bond donors (Lipinski definition) is 3. The Labute approximate surface area is 188 Å². The van der Waals surface area contributed by atoms with Crippen molar-refractivity contribution in [3.63, 3.8) is 0 Å². The fourth-order valence-corrected chi connectivity index (χ4v) is 4.88. The van der Waals surface area contributed by atoms with E-state index in [2.05, 4.69) is 25.5 Å². The second-order valence-corrected chi connectivity index (χ2v) is 8.30. The molecule has 170 valence electrons. The lowest BCUT2D eigenvalue weighted by atomic mass is 10.0. The lowest BCUT2D eigenvalue weighted by molar-refractivity contribution is -0.150. The highest BCUT2D eigenvalue weighted by Crippen LogP contribution is 2.40. The normalized spacial score (nSPS) is 20.1. The van der Waals surface area contributed by atoms with Gasteiger partial charge in [-0.1, -0.05) is 5.16 Å². The van der Waals surface area contributed by atoms with E-state index < -0.39 is 29.2 Å². The zero-order valence-electron chi connectivity index (χ0n) is 16.5. The molecule has 1 fully saturated rings. The maximum atomic E-state index is 12.9. The number of rotatable bonds is 11. The number of carbonyl (C=O) groups excluding carboxylic acids is 4. The van der Waals surface area contributed by atoms with Crippen molar-refractivity contribution in [2.75, 3.05) is 24.3 Å². The van der Waals surface area contributed by atoms with Crippen LogP contribution < -0.4 is 10.6 Å². The maximum absolute atomic E-state index is 12.9. The minimum Gasteiger partial charge on any atom is -0.477 e. The van der Waals surface area contributed by atoms with Crippen molar-refractivity contribution in [3.8, 4) is 0 Å². The van der Waals surface area contributed by atoms with Gasteiger partial charge in [0.15, 0.2) is 17.5 Å². The summed E-state index contributed by atoms with van der Waals surface area (Å²) in [6.07, 6.45) is 0.421. The van der Waals surface area contributed by atoms with E-state index in [0.29, 0.717) is 17.7 Å². The minimum absolute atomic E-state index is 0.0787. The molecule has 1 aromatic heterocycles. The van der Waals surface area contributed by atoms with Crippen molar-refractivity contribution in [2.45, 2.75) is 18.3 Å². The average molecular weight is 483 g/mol. The van der Waals surface area contributed by atoms with Crippen LogP contribution in [0.5, 0.6) is 0 Å². The number of nitrogens with zero attached hydrogens (tertiary/aromatic N) is 3. The van der Waals surface area contributed by atoms with Gasteiger partial charge in [0.1, 0.15) is 29.4 Å². The molecule has 2 atom stereocenters. The second kappa shape index (κ2) is 10.2. The van der Waals surface area contributed by atoms with Crippen LogP contribution in [0.1, 0.15) is 12.6 Å². The molecular weight excluding hydrogens is 466 g/mol. The van der Waals surface area contributed by atoms with E-state index in [-0.39, 0.29) is 41.9 Å². The predicted molar refractivity (Wildman–Crippen MR) is 112 cm³/mol. The van der Waals surface area contributed by atoms with Gasteiger partial charge in [0, 0.05) is 11.1 Å². The van der Waals surface area contributed by atoms with Gasteiger partial charge in [-0.3, -0.25) is 24.1 Å². The molecule has 1 unspecified atom stereocenters. The number of thioether (sulfide) groups is 1. The first kappa shape index (κ1) is 23.2. The van der Waals surface area contributed by atoms with E-state index in [0.717, 1.165) is 16.2 Å². The number of aromatic nitrogens is 1. The molecule has 3 rings (SSSR count). The smallest absolute Gasteiger partial charge is 0.352 e. The molecule has 0 radical (unpaired) electrons. The number of β-lactam (4-membered cyclic amide) rings is 1. The Morgan fingerprint density at radius 1 is 1.41 bits per heavy atom. The molecule has 1 saturated heterocycles. The van der Waals surface area contributed by atoms with Crippen molar-refractivity contribution >= 4 is 64.6 Å². The van der Waals surface area contributed by atoms with E-state index in [9.17, 15) is 29.1 Å².